The van der Waals surface area contributed by atoms with Crippen molar-refractivity contribution in [3.05, 3.63) is 24.0 Å². The Balaban J connectivity index is 3.05. The van der Waals surface area contributed by atoms with Crippen molar-refractivity contribution >= 4 is 5.69 Å². The summed E-state index contributed by atoms with van der Waals surface area (Å²) in [5.74, 6) is -1.85. The number of anilines is 1. The summed E-state index contributed by atoms with van der Waals surface area (Å²) in [6.45, 7) is 0. The van der Waals surface area contributed by atoms with E-state index in [0.717, 1.165) is 6.07 Å². The summed E-state index contributed by atoms with van der Waals surface area (Å²) in [5, 5.41) is 0. The van der Waals surface area contributed by atoms with Crippen molar-refractivity contribution < 1.29 is 22.3 Å². The molecule has 0 aliphatic heterocycles. The van der Waals surface area contributed by atoms with Crippen LogP contribution in [0.15, 0.2) is 18.2 Å². The minimum Gasteiger partial charge on any atom is -0.403 e. The first-order chi connectivity index (χ1) is 6.81. The lowest BCUT2D eigenvalue weighted by Crippen LogP contribution is -2.19. The van der Waals surface area contributed by atoms with Gasteiger partial charge >= 0.3 is 6.36 Å². The Labute approximate surface area is 84.1 Å². The number of alkyl halides is 3. The maximum atomic E-state index is 13.4. The van der Waals surface area contributed by atoms with Crippen molar-refractivity contribution in [1.29, 1.82) is 0 Å². The standard InChI is InChI=1S/C9H9F4NO/c1-14(2)6-4-3-5-7(8(6)10)15-9(11,12)13/h3-5H,1-2H3. The fraction of sp³-hybridized carbons (Fsp3) is 0.333. The SMILES string of the molecule is CN(C)c1cccc(OC(F)(F)F)c1F. The monoisotopic (exact) mass is 223 g/mol. The number of hydrogen-bond donors (Lipinski definition) is 0. The molecule has 1 rings (SSSR count). The molecule has 15 heavy (non-hydrogen) atoms. The summed E-state index contributed by atoms with van der Waals surface area (Å²) >= 11 is 0. The van der Waals surface area contributed by atoms with Crippen LogP contribution in [0.3, 0.4) is 0 Å². The molecule has 0 saturated carbocycles. The Morgan fingerprint density at radius 1 is 1.20 bits per heavy atom. The highest BCUT2D eigenvalue weighted by Crippen LogP contribution is 2.30. The van der Waals surface area contributed by atoms with E-state index in [2.05, 4.69) is 4.74 Å². The maximum Gasteiger partial charge on any atom is 0.573 e. The van der Waals surface area contributed by atoms with Crippen molar-refractivity contribution in [3.8, 4) is 5.75 Å². The Hall–Kier alpha value is -1.46. The molecule has 0 aliphatic carbocycles. The van der Waals surface area contributed by atoms with Gasteiger partial charge in [0.2, 0.25) is 0 Å². The Morgan fingerprint density at radius 3 is 2.27 bits per heavy atom. The van der Waals surface area contributed by atoms with Crippen LogP contribution in [-0.4, -0.2) is 20.5 Å². The molecule has 0 fully saturated rings. The van der Waals surface area contributed by atoms with Crippen LogP contribution in [0.4, 0.5) is 23.2 Å². The lowest BCUT2D eigenvalue weighted by molar-refractivity contribution is -0.275. The van der Waals surface area contributed by atoms with Crippen LogP contribution < -0.4 is 9.64 Å². The van der Waals surface area contributed by atoms with E-state index in [1.165, 1.54) is 31.1 Å². The summed E-state index contributed by atoms with van der Waals surface area (Å²) < 4.78 is 52.5. The summed E-state index contributed by atoms with van der Waals surface area (Å²) in [6, 6.07) is 3.58. The molecular formula is C9H9F4NO. The fourth-order valence-corrected chi connectivity index (χ4v) is 1.05. The molecule has 1 aromatic carbocycles. The minimum absolute atomic E-state index is 0.0387. The van der Waals surface area contributed by atoms with Gasteiger partial charge in [0.1, 0.15) is 0 Å². The topological polar surface area (TPSA) is 12.5 Å². The van der Waals surface area contributed by atoms with Gasteiger partial charge in [-0.3, -0.25) is 0 Å². The molecule has 0 bridgehead atoms. The number of benzene rings is 1. The van der Waals surface area contributed by atoms with E-state index in [4.69, 9.17) is 0 Å². The van der Waals surface area contributed by atoms with E-state index in [0.29, 0.717) is 0 Å². The van der Waals surface area contributed by atoms with Gasteiger partial charge in [-0.25, -0.2) is 4.39 Å². The number of halogens is 4. The molecule has 0 heterocycles. The Bertz CT molecular complexity index is 348. The molecule has 0 unspecified atom stereocenters. The third-order valence-corrected chi connectivity index (χ3v) is 1.65. The van der Waals surface area contributed by atoms with Crippen molar-refractivity contribution in [2.24, 2.45) is 0 Å². The third-order valence-electron chi connectivity index (χ3n) is 1.65. The van der Waals surface area contributed by atoms with Gasteiger partial charge < -0.3 is 9.64 Å². The van der Waals surface area contributed by atoms with Crippen molar-refractivity contribution in [2.75, 3.05) is 19.0 Å². The second-order valence-electron chi connectivity index (χ2n) is 3.03. The van der Waals surface area contributed by atoms with Gasteiger partial charge in [-0.05, 0) is 12.1 Å². The second kappa shape index (κ2) is 3.96. The van der Waals surface area contributed by atoms with Crippen LogP contribution in [0, 0.1) is 5.82 Å². The quantitative estimate of drug-likeness (QED) is 0.715. The molecule has 2 nitrogen and oxygen atoms in total. The van der Waals surface area contributed by atoms with Crippen LogP contribution in [0.1, 0.15) is 0 Å². The summed E-state index contributed by atoms with van der Waals surface area (Å²) in [6.07, 6.45) is -4.88. The number of hydrogen-bond acceptors (Lipinski definition) is 2. The van der Waals surface area contributed by atoms with Gasteiger partial charge in [-0.2, -0.15) is 0 Å². The van der Waals surface area contributed by atoms with E-state index in [1.807, 2.05) is 0 Å². The number of rotatable bonds is 2. The summed E-state index contributed by atoms with van der Waals surface area (Å²) in [4.78, 5) is 1.36. The number of nitrogens with zero attached hydrogens (tertiary/aromatic N) is 1. The minimum atomic E-state index is -4.88. The first-order valence-electron chi connectivity index (χ1n) is 4.03. The predicted octanol–water partition coefficient (Wildman–Crippen LogP) is 2.79. The molecular weight excluding hydrogens is 214 g/mol. The first-order valence-corrected chi connectivity index (χ1v) is 4.03. The highest BCUT2D eigenvalue weighted by molar-refractivity contribution is 5.51. The molecule has 0 radical (unpaired) electrons. The van der Waals surface area contributed by atoms with Crippen LogP contribution in [0.5, 0.6) is 5.75 Å². The maximum absolute atomic E-state index is 13.4. The highest BCUT2D eigenvalue weighted by atomic mass is 19.4. The van der Waals surface area contributed by atoms with Crippen LogP contribution in [0.2, 0.25) is 0 Å². The summed E-state index contributed by atoms with van der Waals surface area (Å²) in [5.41, 5.74) is 0.0387. The molecule has 0 aliphatic rings. The normalized spacial score (nSPS) is 11.3. The Morgan fingerprint density at radius 2 is 1.80 bits per heavy atom. The molecule has 6 heteroatoms. The van der Waals surface area contributed by atoms with Gasteiger partial charge in [0, 0.05) is 14.1 Å². The lowest BCUT2D eigenvalue weighted by Gasteiger charge is -2.16. The molecule has 84 valence electrons. The zero-order valence-electron chi connectivity index (χ0n) is 8.10. The smallest absolute Gasteiger partial charge is 0.403 e. The molecule has 0 saturated heterocycles. The van der Waals surface area contributed by atoms with Crippen LogP contribution >= 0.6 is 0 Å². The van der Waals surface area contributed by atoms with E-state index in [1.54, 1.807) is 0 Å². The average Bonchev–Trinajstić information content (AvgIpc) is 2.05. The number of ether oxygens (including phenoxy) is 1. The molecule has 0 N–H and O–H groups in total. The average molecular weight is 223 g/mol. The highest BCUT2D eigenvalue weighted by Gasteiger charge is 2.32. The van der Waals surface area contributed by atoms with E-state index in [9.17, 15) is 17.6 Å². The third kappa shape index (κ3) is 3.00. The van der Waals surface area contributed by atoms with Gasteiger partial charge in [-0.1, -0.05) is 6.07 Å². The van der Waals surface area contributed by atoms with Gasteiger partial charge in [-0.15, -0.1) is 13.2 Å². The van der Waals surface area contributed by atoms with E-state index >= 15 is 0 Å². The zero-order valence-corrected chi connectivity index (χ0v) is 8.10. The largest absolute Gasteiger partial charge is 0.573 e. The fourth-order valence-electron chi connectivity index (χ4n) is 1.05. The van der Waals surface area contributed by atoms with Crippen LogP contribution in [-0.2, 0) is 0 Å². The molecule has 1 aromatic rings. The summed E-state index contributed by atoms with van der Waals surface area (Å²) in [7, 11) is 3.05. The lowest BCUT2D eigenvalue weighted by atomic mass is 10.2. The molecule has 0 aromatic heterocycles. The van der Waals surface area contributed by atoms with Crippen molar-refractivity contribution in [2.45, 2.75) is 6.36 Å². The van der Waals surface area contributed by atoms with Gasteiger partial charge in [0.25, 0.3) is 0 Å². The van der Waals surface area contributed by atoms with E-state index in [-0.39, 0.29) is 5.69 Å². The molecule has 0 amide bonds. The predicted molar refractivity (Wildman–Crippen MR) is 47.4 cm³/mol. The first kappa shape index (κ1) is 11.6. The molecule has 0 atom stereocenters. The van der Waals surface area contributed by atoms with Crippen LogP contribution in [0.25, 0.3) is 0 Å². The zero-order chi connectivity index (χ0) is 11.6. The van der Waals surface area contributed by atoms with Gasteiger partial charge in [0.15, 0.2) is 11.6 Å². The van der Waals surface area contributed by atoms with E-state index < -0.39 is 17.9 Å². The van der Waals surface area contributed by atoms with Crippen molar-refractivity contribution in [1.82, 2.24) is 0 Å². The molecule has 0 spiro atoms. The van der Waals surface area contributed by atoms with Gasteiger partial charge in [0.05, 0.1) is 5.69 Å². The van der Waals surface area contributed by atoms with Crippen molar-refractivity contribution in [3.63, 3.8) is 0 Å². The second-order valence-corrected chi connectivity index (χ2v) is 3.03. The Kier molecular flexibility index (Phi) is 3.06.